The summed E-state index contributed by atoms with van der Waals surface area (Å²) in [5.41, 5.74) is 2.15. The molecule has 1 saturated heterocycles. The molecule has 1 aromatic heterocycles. The van der Waals surface area contributed by atoms with Crippen LogP contribution < -0.4 is 11.0 Å². The number of fused-ring (bicyclic) bond motifs is 1. The first-order valence-electron chi connectivity index (χ1n) is 6.14. The Morgan fingerprint density at radius 2 is 2.05 bits per heavy atom. The second-order valence-electron chi connectivity index (χ2n) is 4.63. The van der Waals surface area contributed by atoms with Crippen molar-refractivity contribution in [1.29, 1.82) is 5.26 Å². The minimum Gasteiger partial charge on any atom is -0.317 e. The molecule has 100 valence electrons. The molecule has 1 aliphatic heterocycles. The van der Waals surface area contributed by atoms with Crippen LogP contribution in [0.1, 0.15) is 24.4 Å². The molecule has 2 heterocycles. The Kier molecular flexibility index (Phi) is 3.93. The van der Waals surface area contributed by atoms with Gasteiger partial charge in [0.05, 0.1) is 22.7 Å². The fraction of sp³-hybridized carbons (Fsp3) is 0.385. The van der Waals surface area contributed by atoms with Crippen molar-refractivity contribution in [3.05, 3.63) is 34.2 Å². The van der Waals surface area contributed by atoms with Crippen LogP contribution in [0, 0.1) is 11.3 Å². The molecule has 0 saturated carbocycles. The zero-order valence-corrected chi connectivity index (χ0v) is 11.2. The summed E-state index contributed by atoms with van der Waals surface area (Å²) < 4.78 is 1.80. The molecule has 6 heteroatoms. The third-order valence-corrected chi connectivity index (χ3v) is 3.52. The molecule has 5 nitrogen and oxygen atoms in total. The predicted molar refractivity (Wildman–Crippen MR) is 75.7 cm³/mol. The number of benzene rings is 1. The van der Waals surface area contributed by atoms with Crippen LogP contribution in [0.5, 0.6) is 0 Å². The van der Waals surface area contributed by atoms with Gasteiger partial charge in [-0.3, -0.25) is 4.57 Å². The van der Waals surface area contributed by atoms with Crippen LogP contribution in [-0.2, 0) is 0 Å². The van der Waals surface area contributed by atoms with Gasteiger partial charge < -0.3 is 10.3 Å². The molecule has 0 aliphatic carbocycles. The van der Waals surface area contributed by atoms with Gasteiger partial charge in [0.2, 0.25) is 0 Å². The fourth-order valence-corrected chi connectivity index (χ4v) is 2.62. The third kappa shape index (κ3) is 2.37. The highest BCUT2D eigenvalue weighted by Gasteiger charge is 2.19. The van der Waals surface area contributed by atoms with E-state index in [1.807, 2.05) is 0 Å². The van der Waals surface area contributed by atoms with E-state index in [2.05, 4.69) is 16.4 Å². The number of nitrogens with zero attached hydrogens (tertiary/aromatic N) is 2. The molecule has 0 spiro atoms. The molecule has 2 N–H and O–H groups in total. The van der Waals surface area contributed by atoms with Gasteiger partial charge in [0.1, 0.15) is 0 Å². The van der Waals surface area contributed by atoms with Crippen molar-refractivity contribution in [1.82, 2.24) is 14.9 Å². The lowest BCUT2D eigenvalue weighted by Crippen LogP contribution is -2.33. The largest absolute Gasteiger partial charge is 0.326 e. The summed E-state index contributed by atoms with van der Waals surface area (Å²) in [6.07, 6.45) is 1.90. The summed E-state index contributed by atoms with van der Waals surface area (Å²) >= 11 is 0. The quantitative estimate of drug-likeness (QED) is 0.831. The van der Waals surface area contributed by atoms with Gasteiger partial charge in [-0.15, -0.1) is 12.4 Å². The molecule has 1 fully saturated rings. The van der Waals surface area contributed by atoms with E-state index in [-0.39, 0.29) is 24.1 Å². The number of nitriles is 1. The van der Waals surface area contributed by atoms with Crippen molar-refractivity contribution in [3.63, 3.8) is 0 Å². The van der Waals surface area contributed by atoms with Crippen LogP contribution in [0.3, 0.4) is 0 Å². The monoisotopic (exact) mass is 278 g/mol. The Hall–Kier alpha value is -1.77. The van der Waals surface area contributed by atoms with E-state index in [0.717, 1.165) is 37.0 Å². The van der Waals surface area contributed by atoms with Crippen LogP contribution >= 0.6 is 12.4 Å². The van der Waals surface area contributed by atoms with Crippen molar-refractivity contribution in [2.24, 2.45) is 0 Å². The predicted octanol–water partition coefficient (Wildman–Crippen LogP) is 1.55. The number of nitrogens with one attached hydrogen (secondary N) is 2. The summed E-state index contributed by atoms with van der Waals surface area (Å²) in [6, 6.07) is 7.65. The van der Waals surface area contributed by atoms with E-state index in [9.17, 15) is 4.79 Å². The molecule has 0 atom stereocenters. The fourth-order valence-electron chi connectivity index (χ4n) is 2.62. The SMILES string of the molecule is Cl.N#Cc1ccc2[nH]c(=O)n(C3CCNCC3)c2c1. The van der Waals surface area contributed by atoms with Gasteiger partial charge in [0.15, 0.2) is 0 Å². The second kappa shape index (κ2) is 5.47. The average Bonchev–Trinajstić information content (AvgIpc) is 2.74. The highest BCUT2D eigenvalue weighted by Crippen LogP contribution is 2.22. The molecule has 1 aliphatic rings. The number of aromatic nitrogens is 2. The van der Waals surface area contributed by atoms with Gasteiger partial charge in [-0.1, -0.05) is 0 Å². The van der Waals surface area contributed by atoms with Gasteiger partial charge >= 0.3 is 5.69 Å². The number of hydrogen-bond acceptors (Lipinski definition) is 3. The van der Waals surface area contributed by atoms with Gasteiger partial charge in [-0.25, -0.2) is 4.79 Å². The molecule has 0 radical (unpaired) electrons. The van der Waals surface area contributed by atoms with Crippen molar-refractivity contribution >= 4 is 23.4 Å². The lowest BCUT2D eigenvalue weighted by Gasteiger charge is -2.23. The number of H-pyrrole nitrogens is 1. The summed E-state index contributed by atoms with van der Waals surface area (Å²) in [4.78, 5) is 14.9. The van der Waals surface area contributed by atoms with E-state index in [0.29, 0.717) is 5.56 Å². The Labute approximate surface area is 116 Å². The first kappa shape index (κ1) is 13.7. The van der Waals surface area contributed by atoms with Crippen molar-refractivity contribution in [2.45, 2.75) is 18.9 Å². The Bertz CT molecular complexity index is 676. The van der Waals surface area contributed by atoms with Crippen molar-refractivity contribution in [2.75, 3.05) is 13.1 Å². The molecular formula is C13H15ClN4O. The summed E-state index contributed by atoms with van der Waals surface area (Å²) in [5.74, 6) is 0. The Morgan fingerprint density at radius 1 is 1.32 bits per heavy atom. The number of hydrogen-bond donors (Lipinski definition) is 2. The standard InChI is InChI=1S/C13H14N4O.ClH/c14-8-9-1-2-11-12(7-9)17(13(18)16-11)10-3-5-15-6-4-10;/h1-2,7,10,15H,3-6H2,(H,16,18);1H. The summed E-state index contributed by atoms with van der Waals surface area (Å²) in [7, 11) is 0. The normalized spacial score (nSPS) is 15.9. The first-order chi connectivity index (χ1) is 8.79. The minimum atomic E-state index is -0.0769. The molecule has 0 amide bonds. The maximum atomic E-state index is 12.0. The van der Waals surface area contributed by atoms with Crippen LogP contribution in [-0.4, -0.2) is 22.6 Å². The smallest absolute Gasteiger partial charge is 0.317 e. The van der Waals surface area contributed by atoms with Crippen LogP contribution in [0.25, 0.3) is 11.0 Å². The summed E-state index contributed by atoms with van der Waals surface area (Å²) in [6.45, 7) is 1.86. The molecule has 1 aromatic carbocycles. The number of rotatable bonds is 1. The highest BCUT2D eigenvalue weighted by atomic mass is 35.5. The van der Waals surface area contributed by atoms with Gasteiger partial charge in [-0.2, -0.15) is 5.26 Å². The Morgan fingerprint density at radius 3 is 2.74 bits per heavy atom. The third-order valence-electron chi connectivity index (χ3n) is 3.52. The van der Waals surface area contributed by atoms with E-state index in [4.69, 9.17) is 5.26 Å². The zero-order chi connectivity index (χ0) is 12.5. The van der Waals surface area contributed by atoms with Gasteiger partial charge in [0.25, 0.3) is 0 Å². The second-order valence-corrected chi connectivity index (χ2v) is 4.63. The maximum absolute atomic E-state index is 12.0. The molecule has 19 heavy (non-hydrogen) atoms. The number of piperidine rings is 1. The van der Waals surface area contributed by atoms with Gasteiger partial charge in [-0.05, 0) is 44.1 Å². The lowest BCUT2D eigenvalue weighted by molar-refractivity contribution is 0.368. The molecule has 2 aromatic rings. The van der Waals surface area contributed by atoms with E-state index >= 15 is 0 Å². The molecule has 3 rings (SSSR count). The van der Waals surface area contributed by atoms with Crippen LogP contribution in [0.2, 0.25) is 0 Å². The zero-order valence-electron chi connectivity index (χ0n) is 10.3. The van der Waals surface area contributed by atoms with Gasteiger partial charge in [0, 0.05) is 6.04 Å². The minimum absolute atomic E-state index is 0. The molecule has 0 bridgehead atoms. The number of halogens is 1. The van der Waals surface area contributed by atoms with Crippen LogP contribution in [0.15, 0.2) is 23.0 Å². The lowest BCUT2D eigenvalue weighted by atomic mass is 10.1. The highest BCUT2D eigenvalue weighted by molar-refractivity contribution is 5.85. The first-order valence-corrected chi connectivity index (χ1v) is 6.14. The van der Waals surface area contributed by atoms with E-state index < -0.39 is 0 Å². The topological polar surface area (TPSA) is 73.6 Å². The van der Waals surface area contributed by atoms with Crippen molar-refractivity contribution in [3.8, 4) is 6.07 Å². The number of aromatic amines is 1. The molecule has 0 unspecified atom stereocenters. The number of imidazole rings is 1. The maximum Gasteiger partial charge on any atom is 0.326 e. The van der Waals surface area contributed by atoms with E-state index in [1.165, 1.54) is 0 Å². The molecular weight excluding hydrogens is 264 g/mol. The summed E-state index contributed by atoms with van der Waals surface area (Å²) in [5, 5.41) is 12.2. The Balaban J connectivity index is 0.00000133. The van der Waals surface area contributed by atoms with Crippen molar-refractivity contribution < 1.29 is 0 Å². The average molecular weight is 279 g/mol. The van der Waals surface area contributed by atoms with E-state index in [1.54, 1.807) is 22.8 Å². The van der Waals surface area contributed by atoms with Crippen LogP contribution in [0.4, 0.5) is 0 Å².